The standard InChI is InChI=1S/C19H37N/c1-4-16-8-10-17(11-9-16)14-20-19-7-5-6-18(12-13-19)15(2)3/h15-20H,4-14H2,1-3H3. The molecule has 2 rings (SSSR count). The molecule has 0 spiro atoms. The van der Waals surface area contributed by atoms with E-state index in [0.717, 1.165) is 29.7 Å². The van der Waals surface area contributed by atoms with Crippen molar-refractivity contribution in [2.24, 2.45) is 23.7 Å². The molecule has 0 aromatic rings. The molecule has 0 aliphatic heterocycles. The molecule has 0 aromatic heterocycles. The first-order valence-electron chi connectivity index (χ1n) is 9.42. The van der Waals surface area contributed by atoms with Crippen molar-refractivity contribution in [1.82, 2.24) is 5.32 Å². The molecular formula is C19H37N. The molecule has 0 aromatic carbocycles. The monoisotopic (exact) mass is 279 g/mol. The Morgan fingerprint density at radius 2 is 1.55 bits per heavy atom. The Morgan fingerprint density at radius 3 is 2.20 bits per heavy atom. The van der Waals surface area contributed by atoms with Crippen molar-refractivity contribution in [3.8, 4) is 0 Å². The average Bonchev–Trinajstić information content (AvgIpc) is 2.71. The Kier molecular flexibility index (Phi) is 6.87. The predicted molar refractivity (Wildman–Crippen MR) is 88.9 cm³/mol. The van der Waals surface area contributed by atoms with Crippen LogP contribution in [0.3, 0.4) is 0 Å². The molecule has 1 N–H and O–H groups in total. The van der Waals surface area contributed by atoms with Gasteiger partial charge in [-0.15, -0.1) is 0 Å². The largest absolute Gasteiger partial charge is 0.314 e. The van der Waals surface area contributed by atoms with Crippen LogP contribution >= 0.6 is 0 Å². The van der Waals surface area contributed by atoms with Gasteiger partial charge in [-0.2, -0.15) is 0 Å². The lowest BCUT2D eigenvalue weighted by atomic mass is 9.81. The fourth-order valence-corrected chi connectivity index (χ4v) is 4.38. The van der Waals surface area contributed by atoms with Gasteiger partial charge in [-0.1, -0.05) is 52.9 Å². The topological polar surface area (TPSA) is 12.0 Å². The van der Waals surface area contributed by atoms with Crippen LogP contribution < -0.4 is 5.32 Å². The molecule has 1 nitrogen and oxygen atoms in total. The highest BCUT2D eigenvalue weighted by molar-refractivity contribution is 4.79. The second-order valence-electron chi connectivity index (χ2n) is 7.91. The molecule has 0 radical (unpaired) electrons. The minimum Gasteiger partial charge on any atom is -0.314 e. The van der Waals surface area contributed by atoms with Crippen LogP contribution in [0.5, 0.6) is 0 Å². The summed E-state index contributed by atoms with van der Waals surface area (Å²) in [5.41, 5.74) is 0. The molecule has 0 heterocycles. The smallest absolute Gasteiger partial charge is 0.00672 e. The highest BCUT2D eigenvalue weighted by Crippen LogP contribution is 2.31. The van der Waals surface area contributed by atoms with Gasteiger partial charge in [0.05, 0.1) is 0 Å². The average molecular weight is 280 g/mol. The predicted octanol–water partition coefficient (Wildman–Crippen LogP) is 5.40. The van der Waals surface area contributed by atoms with Gasteiger partial charge in [-0.25, -0.2) is 0 Å². The maximum absolute atomic E-state index is 3.92. The van der Waals surface area contributed by atoms with E-state index in [4.69, 9.17) is 0 Å². The Hall–Kier alpha value is -0.0400. The van der Waals surface area contributed by atoms with E-state index in [1.54, 1.807) is 0 Å². The summed E-state index contributed by atoms with van der Waals surface area (Å²) in [5.74, 6) is 3.89. The number of nitrogens with one attached hydrogen (secondary N) is 1. The van der Waals surface area contributed by atoms with Crippen molar-refractivity contribution in [2.75, 3.05) is 6.54 Å². The molecule has 2 aliphatic carbocycles. The molecule has 20 heavy (non-hydrogen) atoms. The van der Waals surface area contributed by atoms with E-state index in [0.29, 0.717) is 0 Å². The van der Waals surface area contributed by atoms with Gasteiger partial charge in [-0.05, 0) is 62.3 Å². The van der Waals surface area contributed by atoms with E-state index >= 15 is 0 Å². The maximum atomic E-state index is 3.92. The molecule has 0 amide bonds. The van der Waals surface area contributed by atoms with E-state index in [1.807, 2.05) is 0 Å². The van der Waals surface area contributed by atoms with Crippen molar-refractivity contribution in [3.05, 3.63) is 0 Å². The van der Waals surface area contributed by atoms with E-state index in [2.05, 4.69) is 26.1 Å². The molecule has 2 atom stereocenters. The van der Waals surface area contributed by atoms with Crippen molar-refractivity contribution < 1.29 is 0 Å². The quantitative estimate of drug-likeness (QED) is 0.665. The van der Waals surface area contributed by atoms with Crippen LogP contribution in [0.2, 0.25) is 0 Å². The van der Waals surface area contributed by atoms with Crippen molar-refractivity contribution in [2.45, 2.75) is 91.0 Å². The van der Waals surface area contributed by atoms with Gasteiger partial charge in [0.2, 0.25) is 0 Å². The van der Waals surface area contributed by atoms with Crippen LogP contribution in [0.25, 0.3) is 0 Å². The van der Waals surface area contributed by atoms with Crippen LogP contribution in [0.1, 0.15) is 85.0 Å². The third kappa shape index (κ3) is 5.06. The van der Waals surface area contributed by atoms with Gasteiger partial charge >= 0.3 is 0 Å². The summed E-state index contributed by atoms with van der Waals surface area (Å²) < 4.78 is 0. The fourth-order valence-electron chi connectivity index (χ4n) is 4.38. The van der Waals surface area contributed by atoms with E-state index in [-0.39, 0.29) is 0 Å². The van der Waals surface area contributed by atoms with Gasteiger partial charge in [0, 0.05) is 6.04 Å². The zero-order valence-electron chi connectivity index (χ0n) is 14.2. The summed E-state index contributed by atoms with van der Waals surface area (Å²) in [7, 11) is 0. The second kappa shape index (κ2) is 8.41. The van der Waals surface area contributed by atoms with Gasteiger partial charge < -0.3 is 5.32 Å². The summed E-state index contributed by atoms with van der Waals surface area (Å²) in [5, 5.41) is 3.92. The lowest BCUT2D eigenvalue weighted by Crippen LogP contribution is -2.34. The van der Waals surface area contributed by atoms with Crippen LogP contribution in [0.15, 0.2) is 0 Å². The fraction of sp³-hybridized carbons (Fsp3) is 1.00. The van der Waals surface area contributed by atoms with Crippen LogP contribution in [-0.4, -0.2) is 12.6 Å². The van der Waals surface area contributed by atoms with Gasteiger partial charge in [-0.3, -0.25) is 0 Å². The summed E-state index contributed by atoms with van der Waals surface area (Å²) in [4.78, 5) is 0. The second-order valence-corrected chi connectivity index (χ2v) is 7.91. The highest BCUT2D eigenvalue weighted by Gasteiger charge is 2.23. The third-order valence-corrected chi connectivity index (χ3v) is 6.20. The Balaban J connectivity index is 1.64. The number of rotatable bonds is 5. The molecular weight excluding hydrogens is 242 g/mol. The first kappa shape index (κ1) is 16.3. The molecule has 2 unspecified atom stereocenters. The lowest BCUT2D eigenvalue weighted by molar-refractivity contribution is 0.253. The van der Waals surface area contributed by atoms with Crippen LogP contribution in [0, 0.1) is 23.7 Å². The Bertz CT molecular complexity index is 252. The minimum absolute atomic E-state index is 0.822. The van der Waals surface area contributed by atoms with Crippen LogP contribution in [-0.2, 0) is 0 Å². The first-order valence-corrected chi connectivity index (χ1v) is 9.42. The number of hydrogen-bond acceptors (Lipinski definition) is 1. The van der Waals surface area contributed by atoms with E-state index in [9.17, 15) is 0 Å². The van der Waals surface area contributed by atoms with Gasteiger partial charge in [0.15, 0.2) is 0 Å². The minimum atomic E-state index is 0.822. The number of hydrogen-bond donors (Lipinski definition) is 1. The lowest BCUT2D eigenvalue weighted by Gasteiger charge is -2.29. The zero-order valence-corrected chi connectivity index (χ0v) is 14.2. The Morgan fingerprint density at radius 1 is 0.850 bits per heavy atom. The molecule has 118 valence electrons. The first-order chi connectivity index (χ1) is 9.69. The summed E-state index contributed by atoms with van der Waals surface area (Å²) >= 11 is 0. The van der Waals surface area contributed by atoms with Gasteiger partial charge in [0.1, 0.15) is 0 Å². The molecule has 1 heteroatoms. The van der Waals surface area contributed by atoms with E-state index < -0.39 is 0 Å². The zero-order chi connectivity index (χ0) is 14.4. The molecule has 2 saturated carbocycles. The van der Waals surface area contributed by atoms with Crippen molar-refractivity contribution >= 4 is 0 Å². The SMILES string of the molecule is CCC1CCC(CNC2CCCC(C(C)C)CC2)CC1. The summed E-state index contributed by atoms with van der Waals surface area (Å²) in [6, 6.07) is 0.822. The third-order valence-electron chi connectivity index (χ3n) is 6.20. The van der Waals surface area contributed by atoms with Crippen molar-refractivity contribution in [1.29, 1.82) is 0 Å². The summed E-state index contributed by atoms with van der Waals surface area (Å²) in [6.45, 7) is 8.47. The molecule has 0 saturated heterocycles. The maximum Gasteiger partial charge on any atom is 0.00672 e. The molecule has 2 fully saturated rings. The molecule has 0 bridgehead atoms. The Labute approximate surface area is 127 Å². The van der Waals surface area contributed by atoms with E-state index in [1.165, 1.54) is 70.8 Å². The van der Waals surface area contributed by atoms with Crippen LogP contribution in [0.4, 0.5) is 0 Å². The molecule has 2 aliphatic rings. The normalized spacial score (nSPS) is 36.0. The van der Waals surface area contributed by atoms with Gasteiger partial charge in [0.25, 0.3) is 0 Å². The summed E-state index contributed by atoms with van der Waals surface area (Å²) in [6.07, 6.45) is 14.6. The highest BCUT2D eigenvalue weighted by atomic mass is 14.9. The van der Waals surface area contributed by atoms with Crippen molar-refractivity contribution in [3.63, 3.8) is 0 Å².